The van der Waals surface area contributed by atoms with E-state index in [2.05, 4.69) is 23.2 Å². The molecule has 1 aromatic heterocycles. The first kappa shape index (κ1) is 16.5. The molecule has 0 aliphatic carbocycles. The zero-order chi connectivity index (χ0) is 17.1. The molecule has 0 N–H and O–H groups in total. The number of fused-ring (bicyclic) bond motifs is 1. The number of hydrogen-bond donors (Lipinski definition) is 0. The molecule has 1 aromatic carbocycles. The second kappa shape index (κ2) is 7.06. The first-order valence-electron chi connectivity index (χ1n) is 7.94. The van der Waals surface area contributed by atoms with Gasteiger partial charge in [-0.1, -0.05) is 36.0 Å². The van der Waals surface area contributed by atoms with Crippen molar-refractivity contribution in [1.29, 1.82) is 5.26 Å². The predicted octanol–water partition coefficient (Wildman–Crippen LogP) is 3.25. The molecular formula is C19H19N3OS. The number of rotatable bonds is 3. The van der Waals surface area contributed by atoms with Gasteiger partial charge in [0, 0.05) is 18.8 Å². The van der Waals surface area contributed by atoms with E-state index in [1.807, 2.05) is 36.9 Å². The van der Waals surface area contributed by atoms with E-state index < -0.39 is 0 Å². The highest BCUT2D eigenvalue weighted by Crippen LogP contribution is 2.25. The molecule has 0 bridgehead atoms. The monoisotopic (exact) mass is 337 g/mol. The summed E-state index contributed by atoms with van der Waals surface area (Å²) in [6.45, 7) is 5.23. The largest absolute Gasteiger partial charge is 0.337 e. The van der Waals surface area contributed by atoms with Crippen molar-refractivity contribution >= 4 is 17.7 Å². The van der Waals surface area contributed by atoms with Gasteiger partial charge in [0.25, 0.3) is 0 Å². The Balaban J connectivity index is 1.68. The molecule has 4 nitrogen and oxygen atoms in total. The number of carbonyl (C=O) groups excluding carboxylic acids is 1. The Morgan fingerprint density at radius 3 is 2.83 bits per heavy atom. The third kappa shape index (κ3) is 3.44. The van der Waals surface area contributed by atoms with E-state index in [1.165, 1.54) is 22.9 Å². The smallest absolute Gasteiger partial charge is 0.233 e. The predicted molar refractivity (Wildman–Crippen MR) is 94.7 cm³/mol. The fraction of sp³-hybridized carbons (Fsp3) is 0.316. The van der Waals surface area contributed by atoms with Gasteiger partial charge < -0.3 is 4.90 Å². The van der Waals surface area contributed by atoms with Crippen LogP contribution in [0.15, 0.2) is 35.4 Å². The number of carbonyl (C=O) groups is 1. The maximum atomic E-state index is 12.5. The zero-order valence-corrected chi connectivity index (χ0v) is 14.7. The summed E-state index contributed by atoms with van der Waals surface area (Å²) in [5.41, 5.74) is 4.91. The molecule has 1 aliphatic rings. The van der Waals surface area contributed by atoms with Crippen LogP contribution < -0.4 is 0 Å². The topological polar surface area (TPSA) is 57.0 Å². The molecule has 0 radical (unpaired) electrons. The quantitative estimate of drug-likeness (QED) is 0.807. The minimum absolute atomic E-state index is 0.0966. The van der Waals surface area contributed by atoms with Gasteiger partial charge in [0.15, 0.2) is 0 Å². The summed E-state index contributed by atoms with van der Waals surface area (Å²) in [7, 11) is 0. The molecule has 2 heterocycles. The molecule has 3 rings (SSSR count). The van der Waals surface area contributed by atoms with E-state index in [0.29, 0.717) is 22.9 Å². The Morgan fingerprint density at radius 1 is 1.33 bits per heavy atom. The van der Waals surface area contributed by atoms with E-state index in [4.69, 9.17) is 0 Å². The van der Waals surface area contributed by atoms with Crippen molar-refractivity contribution in [3.63, 3.8) is 0 Å². The van der Waals surface area contributed by atoms with Crippen LogP contribution in [0.2, 0.25) is 0 Å². The highest BCUT2D eigenvalue weighted by atomic mass is 32.2. The first-order chi connectivity index (χ1) is 11.6. The number of aryl methyl sites for hydroxylation is 2. The van der Waals surface area contributed by atoms with Gasteiger partial charge in [-0.25, -0.2) is 4.98 Å². The molecule has 122 valence electrons. The minimum atomic E-state index is 0.0966. The van der Waals surface area contributed by atoms with Crippen LogP contribution >= 0.6 is 11.8 Å². The van der Waals surface area contributed by atoms with Crippen molar-refractivity contribution in [2.75, 3.05) is 12.3 Å². The fourth-order valence-electron chi connectivity index (χ4n) is 2.97. The van der Waals surface area contributed by atoms with Gasteiger partial charge in [0.1, 0.15) is 11.1 Å². The van der Waals surface area contributed by atoms with E-state index >= 15 is 0 Å². The van der Waals surface area contributed by atoms with Gasteiger partial charge in [-0.3, -0.25) is 4.79 Å². The Bertz CT molecular complexity index is 826. The van der Waals surface area contributed by atoms with E-state index in [-0.39, 0.29) is 5.91 Å². The van der Waals surface area contributed by atoms with Crippen molar-refractivity contribution in [2.24, 2.45) is 0 Å². The van der Waals surface area contributed by atoms with Crippen LogP contribution in [0.3, 0.4) is 0 Å². The number of aromatic nitrogens is 1. The number of pyridine rings is 1. The molecule has 24 heavy (non-hydrogen) atoms. The molecule has 0 saturated carbocycles. The lowest BCUT2D eigenvalue weighted by Crippen LogP contribution is -2.37. The van der Waals surface area contributed by atoms with Crippen LogP contribution in [-0.4, -0.2) is 28.1 Å². The second-order valence-electron chi connectivity index (χ2n) is 6.00. The lowest BCUT2D eigenvalue weighted by atomic mass is 10.00. The average Bonchev–Trinajstić information content (AvgIpc) is 2.58. The summed E-state index contributed by atoms with van der Waals surface area (Å²) < 4.78 is 0. The number of benzene rings is 1. The zero-order valence-electron chi connectivity index (χ0n) is 13.9. The highest BCUT2D eigenvalue weighted by Gasteiger charge is 2.21. The van der Waals surface area contributed by atoms with Crippen molar-refractivity contribution in [1.82, 2.24) is 9.88 Å². The maximum Gasteiger partial charge on any atom is 0.233 e. The first-order valence-corrected chi connectivity index (χ1v) is 8.92. The van der Waals surface area contributed by atoms with E-state index in [0.717, 1.165) is 24.2 Å². The SMILES string of the molecule is Cc1cc(C)c(C#N)c(SCC(=O)N2CCc3ccccc3C2)n1. The molecule has 5 heteroatoms. The molecule has 1 aliphatic heterocycles. The van der Waals surface area contributed by atoms with Crippen LogP contribution in [-0.2, 0) is 17.8 Å². The second-order valence-corrected chi connectivity index (χ2v) is 6.96. The number of nitrogens with zero attached hydrogens (tertiary/aromatic N) is 3. The normalized spacial score (nSPS) is 13.3. The molecule has 0 atom stereocenters. The Morgan fingerprint density at radius 2 is 2.08 bits per heavy atom. The number of thioether (sulfide) groups is 1. The van der Waals surface area contributed by atoms with Crippen LogP contribution in [0, 0.1) is 25.2 Å². The van der Waals surface area contributed by atoms with E-state index in [9.17, 15) is 10.1 Å². The van der Waals surface area contributed by atoms with Gasteiger partial charge >= 0.3 is 0 Å². The van der Waals surface area contributed by atoms with Crippen LogP contribution in [0.1, 0.15) is 27.9 Å². The fourth-order valence-corrected chi connectivity index (χ4v) is 3.98. The molecule has 0 unspecified atom stereocenters. The lowest BCUT2D eigenvalue weighted by Gasteiger charge is -2.28. The number of amides is 1. The Hall–Kier alpha value is -2.32. The van der Waals surface area contributed by atoms with Crippen LogP contribution in [0.5, 0.6) is 0 Å². The summed E-state index contributed by atoms with van der Waals surface area (Å²) in [4.78, 5) is 18.9. The summed E-state index contributed by atoms with van der Waals surface area (Å²) in [6, 6.07) is 12.4. The molecule has 0 fully saturated rings. The van der Waals surface area contributed by atoms with Gasteiger partial charge in [-0.2, -0.15) is 5.26 Å². The summed E-state index contributed by atoms with van der Waals surface area (Å²) in [5.74, 6) is 0.409. The number of nitriles is 1. The van der Waals surface area contributed by atoms with Crippen molar-refractivity contribution in [3.8, 4) is 6.07 Å². The summed E-state index contributed by atoms with van der Waals surface area (Å²) in [6.07, 6.45) is 0.901. The third-order valence-corrected chi connectivity index (χ3v) is 5.20. The van der Waals surface area contributed by atoms with Gasteiger partial charge in [-0.05, 0) is 43.0 Å². The van der Waals surface area contributed by atoms with Crippen LogP contribution in [0.4, 0.5) is 0 Å². The Kier molecular flexibility index (Phi) is 4.86. The minimum Gasteiger partial charge on any atom is -0.337 e. The molecule has 1 amide bonds. The molecule has 2 aromatic rings. The lowest BCUT2D eigenvalue weighted by molar-refractivity contribution is -0.129. The third-order valence-electron chi connectivity index (χ3n) is 4.24. The van der Waals surface area contributed by atoms with Crippen LogP contribution in [0.25, 0.3) is 0 Å². The van der Waals surface area contributed by atoms with Gasteiger partial charge in [0.2, 0.25) is 5.91 Å². The molecule has 0 spiro atoms. The highest BCUT2D eigenvalue weighted by molar-refractivity contribution is 8.00. The van der Waals surface area contributed by atoms with E-state index in [1.54, 1.807) is 0 Å². The van der Waals surface area contributed by atoms with Crippen molar-refractivity contribution in [3.05, 3.63) is 58.3 Å². The van der Waals surface area contributed by atoms with Gasteiger partial charge in [-0.15, -0.1) is 0 Å². The average molecular weight is 337 g/mol. The summed E-state index contributed by atoms with van der Waals surface area (Å²) >= 11 is 1.36. The van der Waals surface area contributed by atoms with Gasteiger partial charge in [0.05, 0.1) is 11.3 Å². The van der Waals surface area contributed by atoms with Crippen molar-refractivity contribution < 1.29 is 4.79 Å². The summed E-state index contributed by atoms with van der Waals surface area (Å²) in [5, 5.41) is 9.97. The standard InChI is InChI=1S/C19H19N3OS/c1-13-9-14(2)21-19(17(13)10-20)24-12-18(23)22-8-7-15-5-3-4-6-16(15)11-22/h3-6,9H,7-8,11-12H2,1-2H3. The maximum absolute atomic E-state index is 12.5. The Labute approximate surface area is 146 Å². The molecular weight excluding hydrogens is 318 g/mol. The number of hydrogen-bond acceptors (Lipinski definition) is 4. The molecule has 0 saturated heterocycles. The van der Waals surface area contributed by atoms with Crippen molar-refractivity contribution in [2.45, 2.75) is 31.8 Å².